The van der Waals surface area contributed by atoms with Crippen molar-refractivity contribution in [3.63, 3.8) is 0 Å². The Bertz CT molecular complexity index is 1140. The van der Waals surface area contributed by atoms with Crippen LogP contribution in [0.4, 0.5) is 0 Å². The van der Waals surface area contributed by atoms with Gasteiger partial charge in [0.15, 0.2) is 5.82 Å². The fourth-order valence-electron chi connectivity index (χ4n) is 2.64. The smallest absolute Gasteiger partial charge is 0.266 e. The zero-order chi connectivity index (χ0) is 21.6. The van der Waals surface area contributed by atoms with E-state index in [1.54, 1.807) is 26.0 Å². The summed E-state index contributed by atoms with van der Waals surface area (Å²) in [6.45, 7) is 4.25. The molecule has 0 unspecified atom stereocenters. The molecule has 0 bridgehead atoms. The first-order chi connectivity index (χ1) is 14.4. The number of sulfonamides is 1. The van der Waals surface area contributed by atoms with Crippen LogP contribution in [-0.4, -0.2) is 52.7 Å². The molecule has 2 heterocycles. The van der Waals surface area contributed by atoms with Gasteiger partial charge >= 0.3 is 0 Å². The van der Waals surface area contributed by atoms with Crippen LogP contribution >= 0.6 is 0 Å². The summed E-state index contributed by atoms with van der Waals surface area (Å²) in [6, 6.07) is 7.44. The molecule has 0 aliphatic heterocycles. The second-order valence-corrected chi connectivity index (χ2v) is 7.70. The predicted molar refractivity (Wildman–Crippen MR) is 107 cm³/mol. The van der Waals surface area contributed by atoms with Gasteiger partial charge < -0.3 is 9.47 Å². The number of nitrogens with one attached hydrogen (secondary N) is 1. The third-order valence-electron chi connectivity index (χ3n) is 3.94. The van der Waals surface area contributed by atoms with E-state index >= 15 is 0 Å². The minimum atomic E-state index is -3.92. The van der Waals surface area contributed by atoms with Crippen LogP contribution in [0.1, 0.15) is 13.8 Å². The Morgan fingerprint density at radius 1 is 1.10 bits per heavy atom. The molecule has 12 heteroatoms. The van der Waals surface area contributed by atoms with Crippen LogP contribution in [0.3, 0.4) is 0 Å². The van der Waals surface area contributed by atoms with Crippen LogP contribution in [0.15, 0.2) is 52.7 Å². The van der Waals surface area contributed by atoms with Gasteiger partial charge in [-0.25, -0.2) is 27.5 Å². The van der Waals surface area contributed by atoms with Crippen molar-refractivity contribution in [3.8, 4) is 17.3 Å². The maximum absolute atomic E-state index is 12.8. The Morgan fingerprint density at radius 2 is 1.90 bits per heavy atom. The minimum Gasteiger partial charge on any atom is -0.494 e. The lowest BCUT2D eigenvalue weighted by molar-refractivity contribution is 0.322. The molecule has 160 valence electrons. The average Bonchev–Trinajstić information content (AvgIpc) is 3.25. The Morgan fingerprint density at radius 3 is 2.60 bits per heavy atom. The third-order valence-corrected chi connectivity index (χ3v) is 5.42. The third kappa shape index (κ3) is 5.02. The summed E-state index contributed by atoms with van der Waals surface area (Å²) in [5, 5.41) is 8.13. The van der Waals surface area contributed by atoms with Gasteiger partial charge in [-0.3, -0.25) is 4.79 Å². The first-order valence-corrected chi connectivity index (χ1v) is 10.8. The molecule has 2 aromatic heterocycles. The van der Waals surface area contributed by atoms with Gasteiger partial charge in [-0.05, 0) is 32.0 Å². The van der Waals surface area contributed by atoms with Gasteiger partial charge in [0.25, 0.3) is 5.56 Å². The molecular weight excluding hydrogens is 412 g/mol. The summed E-state index contributed by atoms with van der Waals surface area (Å²) >= 11 is 0. The Kier molecular flexibility index (Phi) is 6.79. The molecule has 30 heavy (non-hydrogen) atoms. The van der Waals surface area contributed by atoms with Crippen molar-refractivity contribution in [3.05, 3.63) is 53.3 Å². The number of ether oxygens (including phenoxy) is 2. The fourth-order valence-corrected chi connectivity index (χ4v) is 3.82. The quantitative estimate of drug-likeness (QED) is 0.491. The molecule has 3 rings (SSSR count). The zero-order valence-electron chi connectivity index (χ0n) is 16.6. The number of hydrogen-bond acceptors (Lipinski definition) is 8. The molecular formula is C18H22N6O5S. The second kappa shape index (κ2) is 9.50. The SMILES string of the molecule is CCOc1ccc(OCC)c(S(=O)(=O)NCCn2nc(-n3cncn3)ccc2=O)c1. The van der Waals surface area contributed by atoms with Crippen LogP contribution in [0, 0.1) is 0 Å². The molecule has 0 fully saturated rings. The van der Waals surface area contributed by atoms with E-state index in [1.807, 2.05) is 0 Å². The van der Waals surface area contributed by atoms with E-state index in [9.17, 15) is 13.2 Å². The lowest BCUT2D eigenvalue weighted by atomic mass is 10.3. The average molecular weight is 434 g/mol. The monoisotopic (exact) mass is 434 g/mol. The van der Waals surface area contributed by atoms with Gasteiger partial charge in [-0.2, -0.15) is 5.10 Å². The Labute approximate surface area is 173 Å². The summed E-state index contributed by atoms with van der Waals surface area (Å²) in [5.41, 5.74) is -0.369. The lowest BCUT2D eigenvalue weighted by Crippen LogP contribution is -2.32. The summed E-state index contributed by atoms with van der Waals surface area (Å²) in [5.74, 6) is 1.02. The maximum Gasteiger partial charge on any atom is 0.266 e. The highest BCUT2D eigenvalue weighted by Crippen LogP contribution is 2.28. The maximum atomic E-state index is 12.8. The molecule has 0 aliphatic rings. The topological polar surface area (TPSA) is 130 Å². The van der Waals surface area contributed by atoms with E-state index in [-0.39, 0.29) is 29.3 Å². The lowest BCUT2D eigenvalue weighted by Gasteiger charge is -2.14. The van der Waals surface area contributed by atoms with Gasteiger partial charge in [0.05, 0.1) is 19.8 Å². The van der Waals surface area contributed by atoms with E-state index in [4.69, 9.17) is 9.47 Å². The number of rotatable bonds is 10. The molecule has 1 aromatic carbocycles. The molecule has 0 saturated carbocycles. The zero-order valence-corrected chi connectivity index (χ0v) is 17.4. The molecule has 0 aliphatic carbocycles. The van der Waals surface area contributed by atoms with Crippen molar-refractivity contribution in [1.82, 2.24) is 29.3 Å². The van der Waals surface area contributed by atoms with E-state index < -0.39 is 10.0 Å². The van der Waals surface area contributed by atoms with E-state index in [0.29, 0.717) is 24.8 Å². The summed E-state index contributed by atoms with van der Waals surface area (Å²) in [6.07, 6.45) is 2.79. The molecule has 0 radical (unpaired) electrons. The summed E-state index contributed by atoms with van der Waals surface area (Å²) in [7, 11) is -3.92. The Hall–Kier alpha value is -3.25. The molecule has 0 atom stereocenters. The van der Waals surface area contributed by atoms with Crippen molar-refractivity contribution in [2.45, 2.75) is 25.3 Å². The largest absolute Gasteiger partial charge is 0.494 e. The Balaban J connectivity index is 1.77. The summed E-state index contributed by atoms with van der Waals surface area (Å²) in [4.78, 5) is 15.9. The highest BCUT2D eigenvalue weighted by Gasteiger charge is 2.21. The first kappa shape index (κ1) is 21.5. The number of benzene rings is 1. The highest BCUT2D eigenvalue weighted by atomic mass is 32.2. The number of nitrogens with zero attached hydrogens (tertiary/aromatic N) is 5. The minimum absolute atomic E-state index is 0.0235. The normalized spacial score (nSPS) is 11.4. The van der Waals surface area contributed by atoms with Crippen molar-refractivity contribution in [2.24, 2.45) is 0 Å². The van der Waals surface area contributed by atoms with E-state index in [2.05, 4.69) is 19.9 Å². The standard InChI is InChI=1S/C18H22N6O5S/c1-3-28-14-5-6-15(29-4-2)16(11-14)30(26,27)21-9-10-23-18(25)8-7-17(22-23)24-13-19-12-20-24/h5-8,11-13,21H,3-4,9-10H2,1-2H3. The van der Waals surface area contributed by atoms with Gasteiger partial charge in [0, 0.05) is 18.7 Å². The highest BCUT2D eigenvalue weighted by molar-refractivity contribution is 7.89. The number of hydrogen-bond donors (Lipinski definition) is 1. The molecule has 11 nitrogen and oxygen atoms in total. The summed E-state index contributed by atoms with van der Waals surface area (Å²) < 4.78 is 41.5. The van der Waals surface area contributed by atoms with E-state index in [0.717, 1.165) is 4.68 Å². The van der Waals surface area contributed by atoms with Crippen LogP contribution in [-0.2, 0) is 16.6 Å². The number of aromatic nitrogens is 5. The predicted octanol–water partition coefficient (Wildman–Crippen LogP) is 0.600. The molecule has 0 saturated heterocycles. The van der Waals surface area contributed by atoms with Crippen LogP contribution in [0.5, 0.6) is 11.5 Å². The van der Waals surface area contributed by atoms with Crippen molar-refractivity contribution in [1.29, 1.82) is 0 Å². The van der Waals surface area contributed by atoms with Gasteiger partial charge in [-0.15, -0.1) is 5.10 Å². The van der Waals surface area contributed by atoms with Crippen LogP contribution in [0.25, 0.3) is 5.82 Å². The van der Waals surface area contributed by atoms with E-state index in [1.165, 1.54) is 35.5 Å². The van der Waals surface area contributed by atoms with Crippen LogP contribution < -0.4 is 19.8 Å². The molecule has 0 amide bonds. The molecule has 3 aromatic rings. The molecule has 0 spiro atoms. The van der Waals surface area contributed by atoms with Crippen LogP contribution in [0.2, 0.25) is 0 Å². The van der Waals surface area contributed by atoms with Gasteiger partial charge in [0.2, 0.25) is 10.0 Å². The second-order valence-electron chi connectivity index (χ2n) is 5.97. The first-order valence-electron chi connectivity index (χ1n) is 9.27. The van der Waals surface area contributed by atoms with Crippen molar-refractivity contribution < 1.29 is 17.9 Å². The molecule has 1 N–H and O–H groups in total. The fraction of sp³-hybridized carbons (Fsp3) is 0.333. The van der Waals surface area contributed by atoms with Crippen molar-refractivity contribution in [2.75, 3.05) is 19.8 Å². The van der Waals surface area contributed by atoms with Crippen molar-refractivity contribution >= 4 is 10.0 Å². The van der Waals surface area contributed by atoms with Gasteiger partial charge in [-0.1, -0.05) is 0 Å². The van der Waals surface area contributed by atoms with Gasteiger partial charge in [0.1, 0.15) is 29.0 Å².